The molecule has 72 valence electrons. The standard InChI is InChI=1S/C9H15N3O/c1-2-3-6-13-8-4-5-9(12-10)11-7-8/h4-5,7H,2-3,6,10H2,1H3,(H,11,12). The van der Waals surface area contributed by atoms with Gasteiger partial charge in [0, 0.05) is 0 Å². The molecule has 0 aromatic carbocycles. The van der Waals surface area contributed by atoms with Crippen molar-refractivity contribution in [1.29, 1.82) is 0 Å². The van der Waals surface area contributed by atoms with Crippen LogP contribution in [0.1, 0.15) is 19.8 Å². The third-order valence-corrected chi connectivity index (χ3v) is 1.65. The Morgan fingerprint density at radius 3 is 2.92 bits per heavy atom. The molecule has 0 atom stereocenters. The van der Waals surface area contributed by atoms with Crippen molar-refractivity contribution in [3.8, 4) is 5.75 Å². The highest BCUT2D eigenvalue weighted by molar-refractivity contribution is 5.35. The second kappa shape index (κ2) is 5.37. The maximum Gasteiger partial charge on any atom is 0.140 e. The number of nitrogen functional groups attached to an aromatic ring is 1. The summed E-state index contributed by atoms with van der Waals surface area (Å²) in [5.74, 6) is 6.59. The molecule has 0 saturated carbocycles. The van der Waals surface area contributed by atoms with Crippen LogP contribution in [0.2, 0.25) is 0 Å². The van der Waals surface area contributed by atoms with Crippen LogP contribution in [0.5, 0.6) is 5.75 Å². The van der Waals surface area contributed by atoms with Gasteiger partial charge in [0.25, 0.3) is 0 Å². The minimum Gasteiger partial charge on any atom is -0.492 e. The minimum atomic E-state index is 0.642. The molecule has 0 fully saturated rings. The van der Waals surface area contributed by atoms with Gasteiger partial charge in [0.15, 0.2) is 0 Å². The van der Waals surface area contributed by atoms with Gasteiger partial charge >= 0.3 is 0 Å². The van der Waals surface area contributed by atoms with Crippen molar-refractivity contribution >= 4 is 5.82 Å². The molecule has 0 bridgehead atoms. The summed E-state index contributed by atoms with van der Waals surface area (Å²) in [4.78, 5) is 4.01. The number of rotatable bonds is 5. The molecule has 0 aliphatic heterocycles. The lowest BCUT2D eigenvalue weighted by Gasteiger charge is -2.04. The van der Waals surface area contributed by atoms with Gasteiger partial charge in [-0.2, -0.15) is 0 Å². The first kappa shape index (κ1) is 9.80. The van der Waals surface area contributed by atoms with Crippen molar-refractivity contribution in [2.24, 2.45) is 5.84 Å². The summed E-state index contributed by atoms with van der Waals surface area (Å²) in [7, 11) is 0. The van der Waals surface area contributed by atoms with Crippen molar-refractivity contribution in [1.82, 2.24) is 4.98 Å². The number of ether oxygens (including phenoxy) is 1. The van der Waals surface area contributed by atoms with Gasteiger partial charge in [0.1, 0.15) is 11.6 Å². The molecule has 0 radical (unpaired) electrons. The van der Waals surface area contributed by atoms with Crippen molar-refractivity contribution in [3.63, 3.8) is 0 Å². The van der Waals surface area contributed by atoms with Crippen LogP contribution in [0.15, 0.2) is 18.3 Å². The summed E-state index contributed by atoms with van der Waals surface area (Å²) in [6.45, 7) is 2.87. The quantitative estimate of drug-likeness (QED) is 0.411. The van der Waals surface area contributed by atoms with Crippen LogP contribution < -0.4 is 16.0 Å². The first-order valence-corrected chi connectivity index (χ1v) is 4.42. The van der Waals surface area contributed by atoms with Gasteiger partial charge in [0.05, 0.1) is 12.8 Å². The van der Waals surface area contributed by atoms with Gasteiger partial charge in [-0.15, -0.1) is 0 Å². The van der Waals surface area contributed by atoms with E-state index in [1.54, 1.807) is 12.3 Å². The monoisotopic (exact) mass is 181 g/mol. The van der Waals surface area contributed by atoms with Crippen molar-refractivity contribution < 1.29 is 4.74 Å². The maximum atomic E-state index is 5.41. The summed E-state index contributed by atoms with van der Waals surface area (Å²) in [6, 6.07) is 3.62. The van der Waals surface area contributed by atoms with Crippen LogP contribution in [-0.4, -0.2) is 11.6 Å². The predicted octanol–water partition coefficient (Wildman–Crippen LogP) is 1.55. The molecule has 1 rings (SSSR count). The Bertz CT molecular complexity index is 235. The van der Waals surface area contributed by atoms with E-state index in [1.807, 2.05) is 6.07 Å². The Balaban J connectivity index is 2.40. The average molecular weight is 181 g/mol. The van der Waals surface area contributed by atoms with Crippen LogP contribution >= 0.6 is 0 Å². The average Bonchev–Trinajstić information content (AvgIpc) is 2.19. The SMILES string of the molecule is CCCCOc1ccc(NN)nc1. The Hall–Kier alpha value is -1.29. The van der Waals surface area contributed by atoms with E-state index < -0.39 is 0 Å². The third kappa shape index (κ3) is 3.29. The summed E-state index contributed by atoms with van der Waals surface area (Å²) < 4.78 is 5.41. The molecular formula is C9H15N3O. The zero-order chi connectivity index (χ0) is 9.52. The molecule has 0 aliphatic rings. The number of hydrogen-bond donors (Lipinski definition) is 2. The number of aromatic nitrogens is 1. The van der Waals surface area contributed by atoms with E-state index in [0.29, 0.717) is 5.82 Å². The molecule has 0 amide bonds. The Kier molecular flexibility index (Phi) is 4.05. The van der Waals surface area contributed by atoms with Gasteiger partial charge in [0.2, 0.25) is 0 Å². The molecule has 0 aliphatic carbocycles. The van der Waals surface area contributed by atoms with Crippen molar-refractivity contribution in [3.05, 3.63) is 18.3 Å². The predicted molar refractivity (Wildman–Crippen MR) is 52.5 cm³/mol. The highest BCUT2D eigenvalue weighted by atomic mass is 16.5. The Morgan fingerprint density at radius 1 is 1.54 bits per heavy atom. The third-order valence-electron chi connectivity index (χ3n) is 1.65. The fourth-order valence-electron chi connectivity index (χ4n) is 0.885. The molecular weight excluding hydrogens is 166 g/mol. The highest BCUT2D eigenvalue weighted by Gasteiger charge is 1.94. The molecule has 4 heteroatoms. The number of pyridine rings is 1. The zero-order valence-corrected chi connectivity index (χ0v) is 7.79. The number of nitrogens with one attached hydrogen (secondary N) is 1. The first-order chi connectivity index (χ1) is 6.36. The number of nitrogens with two attached hydrogens (primary N) is 1. The van der Waals surface area contributed by atoms with Crippen LogP contribution in [0.4, 0.5) is 5.82 Å². The van der Waals surface area contributed by atoms with Crippen LogP contribution in [-0.2, 0) is 0 Å². The molecule has 13 heavy (non-hydrogen) atoms. The number of hydrazine groups is 1. The Morgan fingerprint density at radius 2 is 2.38 bits per heavy atom. The molecule has 1 heterocycles. The van der Waals surface area contributed by atoms with Crippen molar-refractivity contribution in [2.75, 3.05) is 12.0 Å². The number of hydrogen-bond acceptors (Lipinski definition) is 4. The molecule has 0 spiro atoms. The lowest BCUT2D eigenvalue weighted by Crippen LogP contribution is -2.08. The zero-order valence-electron chi connectivity index (χ0n) is 7.79. The normalized spacial score (nSPS) is 9.69. The molecule has 1 aromatic rings. The van der Waals surface area contributed by atoms with Gasteiger partial charge in [-0.3, -0.25) is 0 Å². The maximum absolute atomic E-state index is 5.41. The van der Waals surface area contributed by atoms with E-state index >= 15 is 0 Å². The van der Waals surface area contributed by atoms with Gasteiger partial charge in [-0.25, -0.2) is 10.8 Å². The fraction of sp³-hybridized carbons (Fsp3) is 0.444. The van der Waals surface area contributed by atoms with Crippen LogP contribution in [0.3, 0.4) is 0 Å². The van der Waals surface area contributed by atoms with E-state index in [2.05, 4.69) is 17.3 Å². The molecule has 0 unspecified atom stereocenters. The second-order valence-electron chi connectivity index (χ2n) is 2.73. The van der Waals surface area contributed by atoms with E-state index in [0.717, 1.165) is 25.2 Å². The fourth-order valence-corrected chi connectivity index (χ4v) is 0.885. The van der Waals surface area contributed by atoms with E-state index in [4.69, 9.17) is 10.6 Å². The largest absolute Gasteiger partial charge is 0.492 e. The van der Waals surface area contributed by atoms with E-state index in [-0.39, 0.29) is 0 Å². The minimum absolute atomic E-state index is 0.642. The summed E-state index contributed by atoms with van der Waals surface area (Å²) in [6.07, 6.45) is 3.86. The van der Waals surface area contributed by atoms with Crippen LogP contribution in [0, 0.1) is 0 Å². The van der Waals surface area contributed by atoms with E-state index in [9.17, 15) is 0 Å². The number of unbranched alkanes of at least 4 members (excludes halogenated alkanes) is 1. The molecule has 3 N–H and O–H groups in total. The topological polar surface area (TPSA) is 60.2 Å². The van der Waals surface area contributed by atoms with Crippen molar-refractivity contribution in [2.45, 2.75) is 19.8 Å². The number of anilines is 1. The Labute approximate surface area is 78.1 Å². The summed E-state index contributed by atoms with van der Waals surface area (Å²) in [5, 5.41) is 0. The van der Waals surface area contributed by atoms with Gasteiger partial charge in [-0.1, -0.05) is 13.3 Å². The summed E-state index contributed by atoms with van der Waals surface area (Å²) >= 11 is 0. The van der Waals surface area contributed by atoms with Crippen LogP contribution in [0.25, 0.3) is 0 Å². The lowest BCUT2D eigenvalue weighted by atomic mass is 10.3. The first-order valence-electron chi connectivity index (χ1n) is 4.42. The molecule has 0 saturated heterocycles. The van der Waals surface area contributed by atoms with E-state index in [1.165, 1.54) is 0 Å². The van der Waals surface area contributed by atoms with Gasteiger partial charge in [-0.05, 0) is 18.6 Å². The lowest BCUT2D eigenvalue weighted by molar-refractivity contribution is 0.308. The highest BCUT2D eigenvalue weighted by Crippen LogP contribution is 2.11. The smallest absolute Gasteiger partial charge is 0.140 e. The number of nitrogens with zero attached hydrogens (tertiary/aromatic N) is 1. The molecule has 1 aromatic heterocycles. The van der Waals surface area contributed by atoms with Gasteiger partial charge < -0.3 is 10.2 Å². The molecule has 4 nitrogen and oxygen atoms in total. The summed E-state index contributed by atoms with van der Waals surface area (Å²) in [5.41, 5.74) is 2.45. The second-order valence-corrected chi connectivity index (χ2v) is 2.73.